The molecule has 3 heterocycles. The average Bonchev–Trinajstić information content (AvgIpc) is 2.99. The zero-order valence-corrected chi connectivity index (χ0v) is 11.5. The molecule has 6 nitrogen and oxygen atoms in total. The van der Waals surface area contributed by atoms with E-state index >= 15 is 0 Å². The van der Waals surface area contributed by atoms with Crippen molar-refractivity contribution in [1.82, 2.24) is 25.2 Å². The van der Waals surface area contributed by atoms with E-state index in [0.717, 1.165) is 36.9 Å². The molecule has 1 N–H and O–H groups in total. The van der Waals surface area contributed by atoms with E-state index in [0.29, 0.717) is 11.9 Å². The van der Waals surface area contributed by atoms with E-state index in [1.54, 1.807) is 0 Å². The summed E-state index contributed by atoms with van der Waals surface area (Å²) >= 11 is 0. The second-order valence-corrected chi connectivity index (χ2v) is 5.84. The SMILES string of the molecule is c1cn(C2CCCNC2)nc1-c1nc(CC2CC2)no1. The maximum atomic E-state index is 5.33. The summed E-state index contributed by atoms with van der Waals surface area (Å²) in [6, 6.07) is 2.40. The van der Waals surface area contributed by atoms with Gasteiger partial charge in [-0.3, -0.25) is 4.68 Å². The van der Waals surface area contributed by atoms with Gasteiger partial charge in [-0.2, -0.15) is 10.1 Å². The highest BCUT2D eigenvalue weighted by Crippen LogP contribution is 2.32. The molecule has 20 heavy (non-hydrogen) atoms. The predicted octanol–water partition coefficient (Wildman–Crippen LogP) is 1.81. The van der Waals surface area contributed by atoms with Crippen LogP contribution in [0.2, 0.25) is 0 Å². The van der Waals surface area contributed by atoms with Crippen LogP contribution in [0.1, 0.15) is 37.5 Å². The molecule has 1 aliphatic heterocycles. The van der Waals surface area contributed by atoms with Crippen LogP contribution in [-0.2, 0) is 6.42 Å². The minimum atomic E-state index is 0.436. The Labute approximate surface area is 117 Å². The van der Waals surface area contributed by atoms with Crippen molar-refractivity contribution in [2.75, 3.05) is 13.1 Å². The van der Waals surface area contributed by atoms with Crippen LogP contribution in [0.4, 0.5) is 0 Å². The average molecular weight is 273 g/mol. The molecule has 1 aliphatic carbocycles. The van der Waals surface area contributed by atoms with E-state index in [1.807, 2.05) is 16.9 Å². The molecule has 0 aromatic carbocycles. The molecule has 6 heteroatoms. The smallest absolute Gasteiger partial charge is 0.278 e. The van der Waals surface area contributed by atoms with Gasteiger partial charge < -0.3 is 9.84 Å². The van der Waals surface area contributed by atoms with Crippen LogP contribution >= 0.6 is 0 Å². The van der Waals surface area contributed by atoms with Crippen LogP contribution < -0.4 is 5.32 Å². The lowest BCUT2D eigenvalue weighted by Gasteiger charge is -2.22. The minimum absolute atomic E-state index is 0.436. The van der Waals surface area contributed by atoms with Crippen LogP contribution in [0.3, 0.4) is 0 Å². The van der Waals surface area contributed by atoms with Crippen molar-refractivity contribution in [3.63, 3.8) is 0 Å². The zero-order chi connectivity index (χ0) is 13.4. The molecular weight excluding hydrogens is 254 g/mol. The summed E-state index contributed by atoms with van der Waals surface area (Å²) < 4.78 is 7.35. The Bertz CT molecular complexity index is 580. The summed E-state index contributed by atoms with van der Waals surface area (Å²) in [6.45, 7) is 2.09. The first-order chi connectivity index (χ1) is 9.88. The van der Waals surface area contributed by atoms with Crippen LogP contribution in [0.25, 0.3) is 11.6 Å². The van der Waals surface area contributed by atoms with E-state index < -0.39 is 0 Å². The monoisotopic (exact) mass is 273 g/mol. The van der Waals surface area contributed by atoms with Gasteiger partial charge >= 0.3 is 0 Å². The van der Waals surface area contributed by atoms with Crippen molar-refractivity contribution in [2.24, 2.45) is 5.92 Å². The molecule has 0 radical (unpaired) electrons. The van der Waals surface area contributed by atoms with Gasteiger partial charge in [-0.25, -0.2) is 0 Å². The molecule has 1 saturated heterocycles. The van der Waals surface area contributed by atoms with Crippen LogP contribution in [0.5, 0.6) is 0 Å². The highest BCUT2D eigenvalue weighted by atomic mass is 16.5. The van der Waals surface area contributed by atoms with Crippen molar-refractivity contribution < 1.29 is 4.52 Å². The fourth-order valence-electron chi connectivity index (χ4n) is 2.74. The number of nitrogens with zero attached hydrogens (tertiary/aromatic N) is 4. The van der Waals surface area contributed by atoms with Crippen LogP contribution in [0.15, 0.2) is 16.8 Å². The van der Waals surface area contributed by atoms with E-state index in [1.165, 1.54) is 25.7 Å². The zero-order valence-electron chi connectivity index (χ0n) is 11.5. The van der Waals surface area contributed by atoms with Gasteiger partial charge in [-0.1, -0.05) is 5.16 Å². The molecule has 2 aliphatic rings. The number of rotatable bonds is 4. The lowest BCUT2D eigenvalue weighted by Crippen LogP contribution is -2.31. The minimum Gasteiger partial charge on any atom is -0.332 e. The van der Waals surface area contributed by atoms with Crippen molar-refractivity contribution in [3.8, 4) is 11.6 Å². The molecule has 0 spiro atoms. The van der Waals surface area contributed by atoms with E-state index in [4.69, 9.17) is 4.52 Å². The lowest BCUT2D eigenvalue weighted by atomic mass is 10.1. The summed E-state index contributed by atoms with van der Waals surface area (Å²) in [7, 11) is 0. The fraction of sp³-hybridized carbons (Fsp3) is 0.643. The second-order valence-electron chi connectivity index (χ2n) is 5.84. The number of hydrogen-bond acceptors (Lipinski definition) is 5. The maximum Gasteiger partial charge on any atom is 0.278 e. The van der Waals surface area contributed by atoms with Gasteiger partial charge in [0.2, 0.25) is 0 Å². The first kappa shape index (κ1) is 12.1. The van der Waals surface area contributed by atoms with E-state index in [-0.39, 0.29) is 0 Å². The molecule has 0 amide bonds. The largest absolute Gasteiger partial charge is 0.332 e. The van der Waals surface area contributed by atoms with Gasteiger partial charge in [-0.05, 0) is 44.2 Å². The quantitative estimate of drug-likeness (QED) is 0.920. The maximum absolute atomic E-state index is 5.33. The fourth-order valence-corrected chi connectivity index (χ4v) is 2.74. The molecule has 1 saturated carbocycles. The Balaban J connectivity index is 1.49. The molecule has 2 fully saturated rings. The summed E-state index contributed by atoms with van der Waals surface area (Å²) in [5.74, 6) is 2.13. The van der Waals surface area contributed by atoms with Gasteiger partial charge in [0.15, 0.2) is 11.5 Å². The van der Waals surface area contributed by atoms with Gasteiger partial charge in [0.1, 0.15) is 0 Å². The summed E-state index contributed by atoms with van der Waals surface area (Å²) in [6.07, 6.45) is 7.92. The Morgan fingerprint density at radius 2 is 2.30 bits per heavy atom. The van der Waals surface area contributed by atoms with Gasteiger partial charge in [0.25, 0.3) is 5.89 Å². The molecule has 1 atom stereocenters. The molecule has 2 aromatic rings. The summed E-state index contributed by atoms with van der Waals surface area (Å²) in [5.41, 5.74) is 0.783. The Hall–Kier alpha value is -1.69. The van der Waals surface area contributed by atoms with Crippen molar-refractivity contribution >= 4 is 0 Å². The van der Waals surface area contributed by atoms with Crippen LogP contribution in [-0.4, -0.2) is 33.0 Å². The van der Waals surface area contributed by atoms with Crippen molar-refractivity contribution in [3.05, 3.63) is 18.1 Å². The summed E-state index contributed by atoms with van der Waals surface area (Å²) in [5, 5.41) is 12.0. The number of piperidine rings is 1. The van der Waals surface area contributed by atoms with Gasteiger partial charge in [0, 0.05) is 19.2 Å². The second kappa shape index (κ2) is 5.01. The number of hydrogen-bond donors (Lipinski definition) is 1. The molecule has 1 unspecified atom stereocenters. The highest BCUT2D eigenvalue weighted by molar-refractivity contribution is 5.45. The molecule has 4 rings (SSSR count). The van der Waals surface area contributed by atoms with Crippen molar-refractivity contribution in [1.29, 1.82) is 0 Å². The predicted molar refractivity (Wildman–Crippen MR) is 73.1 cm³/mol. The Kier molecular flexibility index (Phi) is 3.03. The Morgan fingerprint density at radius 3 is 3.10 bits per heavy atom. The van der Waals surface area contributed by atoms with Crippen molar-refractivity contribution in [2.45, 2.75) is 38.1 Å². The topological polar surface area (TPSA) is 68.8 Å². The standard InChI is InChI=1S/C14H19N5O/c1-2-11(9-15-6-1)19-7-5-12(17-19)14-16-13(18-20-14)8-10-3-4-10/h5,7,10-11,15H,1-4,6,8-9H2. The first-order valence-corrected chi connectivity index (χ1v) is 7.47. The normalized spacial score (nSPS) is 23.1. The first-order valence-electron chi connectivity index (χ1n) is 7.47. The third kappa shape index (κ3) is 2.47. The van der Waals surface area contributed by atoms with E-state index in [9.17, 15) is 0 Å². The molecule has 2 aromatic heterocycles. The third-order valence-electron chi connectivity index (χ3n) is 4.11. The van der Waals surface area contributed by atoms with E-state index in [2.05, 4.69) is 20.6 Å². The lowest BCUT2D eigenvalue weighted by molar-refractivity contribution is 0.346. The van der Waals surface area contributed by atoms with Crippen LogP contribution in [0, 0.1) is 5.92 Å². The molecule has 106 valence electrons. The molecular formula is C14H19N5O. The molecule has 0 bridgehead atoms. The van der Waals surface area contributed by atoms with Gasteiger partial charge in [-0.15, -0.1) is 0 Å². The summed E-state index contributed by atoms with van der Waals surface area (Å²) in [4.78, 5) is 4.45. The highest BCUT2D eigenvalue weighted by Gasteiger charge is 2.24. The van der Waals surface area contributed by atoms with Gasteiger partial charge in [0.05, 0.1) is 6.04 Å². The third-order valence-corrected chi connectivity index (χ3v) is 4.11. The number of nitrogens with one attached hydrogen (secondary N) is 1. The Morgan fingerprint density at radius 1 is 1.35 bits per heavy atom. The number of aromatic nitrogens is 4.